The van der Waals surface area contributed by atoms with Gasteiger partial charge >= 0.3 is 0 Å². The third-order valence-electron chi connectivity index (χ3n) is 2.92. The molecule has 0 saturated heterocycles. The third-order valence-corrected chi connectivity index (χ3v) is 2.92. The number of rotatable bonds is 1. The molecule has 1 unspecified atom stereocenters. The SMILES string of the molecule is COc1ccc(C)c2c1C(C)CNC2=O. The summed E-state index contributed by atoms with van der Waals surface area (Å²) in [6, 6.07) is 3.86. The van der Waals surface area contributed by atoms with Crippen molar-refractivity contribution in [2.75, 3.05) is 13.7 Å². The summed E-state index contributed by atoms with van der Waals surface area (Å²) in [5, 5.41) is 2.89. The molecule has 0 aliphatic carbocycles. The van der Waals surface area contributed by atoms with E-state index in [2.05, 4.69) is 12.2 Å². The zero-order chi connectivity index (χ0) is 11.0. The van der Waals surface area contributed by atoms with Crippen molar-refractivity contribution in [3.63, 3.8) is 0 Å². The lowest BCUT2D eigenvalue weighted by Gasteiger charge is -2.26. The van der Waals surface area contributed by atoms with Gasteiger partial charge < -0.3 is 10.1 Å². The summed E-state index contributed by atoms with van der Waals surface area (Å²) in [4.78, 5) is 11.8. The lowest BCUT2D eigenvalue weighted by molar-refractivity contribution is 0.0939. The molecule has 1 amide bonds. The van der Waals surface area contributed by atoms with E-state index in [-0.39, 0.29) is 5.91 Å². The van der Waals surface area contributed by atoms with Crippen LogP contribution in [0.1, 0.15) is 34.3 Å². The quantitative estimate of drug-likeness (QED) is 0.759. The molecule has 0 bridgehead atoms. The van der Waals surface area contributed by atoms with Crippen LogP contribution < -0.4 is 10.1 Å². The van der Waals surface area contributed by atoms with Gasteiger partial charge in [-0.25, -0.2) is 0 Å². The largest absolute Gasteiger partial charge is 0.496 e. The average Bonchev–Trinajstić information content (AvgIpc) is 2.23. The predicted octanol–water partition coefficient (Wildman–Crippen LogP) is 1.85. The Labute approximate surface area is 89.4 Å². The first-order valence-corrected chi connectivity index (χ1v) is 5.11. The van der Waals surface area contributed by atoms with E-state index in [1.807, 2.05) is 19.1 Å². The van der Waals surface area contributed by atoms with Crippen LogP contribution in [-0.4, -0.2) is 19.6 Å². The summed E-state index contributed by atoms with van der Waals surface area (Å²) in [6.45, 7) is 4.74. The number of ether oxygens (including phenoxy) is 1. The van der Waals surface area contributed by atoms with E-state index >= 15 is 0 Å². The highest BCUT2D eigenvalue weighted by Crippen LogP contribution is 2.34. The number of hydrogen-bond donors (Lipinski definition) is 1. The van der Waals surface area contributed by atoms with Crippen LogP contribution in [0.25, 0.3) is 0 Å². The summed E-state index contributed by atoms with van der Waals surface area (Å²) in [5.74, 6) is 1.14. The Morgan fingerprint density at radius 2 is 2.20 bits per heavy atom. The minimum absolute atomic E-state index is 0.0134. The highest BCUT2D eigenvalue weighted by Gasteiger charge is 2.27. The van der Waals surface area contributed by atoms with E-state index in [1.165, 1.54) is 0 Å². The highest BCUT2D eigenvalue weighted by atomic mass is 16.5. The molecule has 0 saturated carbocycles. The maximum absolute atomic E-state index is 11.8. The van der Waals surface area contributed by atoms with Crippen LogP contribution in [0.4, 0.5) is 0 Å². The van der Waals surface area contributed by atoms with Crippen molar-refractivity contribution in [3.8, 4) is 5.75 Å². The summed E-state index contributed by atoms with van der Waals surface area (Å²) in [7, 11) is 1.64. The van der Waals surface area contributed by atoms with E-state index in [0.717, 1.165) is 22.4 Å². The number of aryl methyl sites for hydroxylation is 1. The van der Waals surface area contributed by atoms with Crippen LogP contribution >= 0.6 is 0 Å². The Morgan fingerprint density at radius 1 is 1.47 bits per heavy atom. The van der Waals surface area contributed by atoms with Crippen LogP contribution in [-0.2, 0) is 0 Å². The fraction of sp³-hybridized carbons (Fsp3) is 0.417. The second-order valence-corrected chi connectivity index (χ2v) is 3.98. The first-order valence-electron chi connectivity index (χ1n) is 5.11. The topological polar surface area (TPSA) is 38.3 Å². The van der Waals surface area contributed by atoms with Crippen LogP contribution in [0.2, 0.25) is 0 Å². The van der Waals surface area contributed by atoms with Crippen molar-refractivity contribution < 1.29 is 9.53 Å². The number of benzene rings is 1. The molecule has 1 atom stereocenters. The van der Waals surface area contributed by atoms with Gasteiger partial charge in [-0.2, -0.15) is 0 Å². The van der Waals surface area contributed by atoms with Crippen LogP contribution in [0.15, 0.2) is 12.1 Å². The first kappa shape index (κ1) is 10.0. The van der Waals surface area contributed by atoms with Crippen molar-refractivity contribution in [1.82, 2.24) is 5.32 Å². The monoisotopic (exact) mass is 205 g/mol. The van der Waals surface area contributed by atoms with Gasteiger partial charge in [0.2, 0.25) is 0 Å². The Balaban J connectivity index is 2.68. The Morgan fingerprint density at radius 3 is 2.87 bits per heavy atom. The van der Waals surface area contributed by atoms with Gasteiger partial charge in [-0.1, -0.05) is 13.0 Å². The van der Waals surface area contributed by atoms with Crippen molar-refractivity contribution >= 4 is 5.91 Å². The van der Waals surface area contributed by atoms with Crippen molar-refractivity contribution in [3.05, 3.63) is 28.8 Å². The summed E-state index contributed by atoms with van der Waals surface area (Å²) in [6.07, 6.45) is 0. The number of fused-ring (bicyclic) bond motifs is 1. The average molecular weight is 205 g/mol. The lowest BCUT2D eigenvalue weighted by Crippen LogP contribution is -2.35. The zero-order valence-corrected chi connectivity index (χ0v) is 9.26. The summed E-state index contributed by atoms with van der Waals surface area (Å²) in [5.41, 5.74) is 2.84. The maximum atomic E-state index is 11.8. The lowest BCUT2D eigenvalue weighted by atomic mass is 9.88. The van der Waals surface area contributed by atoms with Crippen LogP contribution in [0, 0.1) is 6.92 Å². The molecule has 0 aromatic heterocycles. The molecule has 3 heteroatoms. The van der Waals surface area contributed by atoms with E-state index in [0.29, 0.717) is 12.5 Å². The Hall–Kier alpha value is -1.51. The number of hydrogen-bond acceptors (Lipinski definition) is 2. The van der Waals surface area contributed by atoms with Gasteiger partial charge in [-0.15, -0.1) is 0 Å². The number of amides is 1. The van der Waals surface area contributed by atoms with Gasteiger partial charge in [-0.3, -0.25) is 4.79 Å². The molecule has 15 heavy (non-hydrogen) atoms. The molecule has 80 valence electrons. The van der Waals surface area contributed by atoms with E-state index in [9.17, 15) is 4.79 Å². The molecule has 0 fully saturated rings. The summed E-state index contributed by atoms with van der Waals surface area (Å²) < 4.78 is 5.31. The Bertz CT molecular complexity index is 412. The van der Waals surface area contributed by atoms with E-state index < -0.39 is 0 Å². The highest BCUT2D eigenvalue weighted by molar-refractivity contribution is 5.99. The number of carbonyl (C=O) groups excluding carboxylic acids is 1. The van der Waals surface area contributed by atoms with Gasteiger partial charge in [0.1, 0.15) is 5.75 Å². The molecule has 1 heterocycles. The molecule has 1 aromatic carbocycles. The van der Waals surface area contributed by atoms with Gasteiger partial charge in [0.25, 0.3) is 5.91 Å². The fourth-order valence-electron chi connectivity index (χ4n) is 2.11. The molecule has 0 spiro atoms. The molecule has 0 radical (unpaired) electrons. The van der Waals surface area contributed by atoms with Crippen molar-refractivity contribution in [1.29, 1.82) is 0 Å². The number of methoxy groups -OCH3 is 1. The van der Waals surface area contributed by atoms with E-state index in [1.54, 1.807) is 7.11 Å². The molecular weight excluding hydrogens is 190 g/mol. The number of nitrogens with one attached hydrogen (secondary N) is 1. The van der Waals surface area contributed by atoms with Gasteiger partial charge in [0.15, 0.2) is 0 Å². The zero-order valence-electron chi connectivity index (χ0n) is 9.26. The molecule has 1 aliphatic rings. The third kappa shape index (κ3) is 1.48. The predicted molar refractivity (Wildman–Crippen MR) is 58.5 cm³/mol. The van der Waals surface area contributed by atoms with Gasteiger partial charge in [0, 0.05) is 23.6 Å². The first-order chi connectivity index (χ1) is 7.15. The standard InChI is InChI=1S/C12H15NO2/c1-7-4-5-9(15-3)10-8(2)6-13-12(14)11(7)10/h4-5,8H,6H2,1-3H3,(H,13,14). The molecule has 2 rings (SSSR count). The Kier molecular flexibility index (Phi) is 2.39. The smallest absolute Gasteiger partial charge is 0.252 e. The minimum atomic E-state index is 0.0134. The fourth-order valence-corrected chi connectivity index (χ4v) is 2.11. The van der Waals surface area contributed by atoms with Gasteiger partial charge in [-0.05, 0) is 18.6 Å². The van der Waals surface area contributed by atoms with Crippen LogP contribution in [0.5, 0.6) is 5.75 Å². The maximum Gasteiger partial charge on any atom is 0.252 e. The van der Waals surface area contributed by atoms with E-state index in [4.69, 9.17) is 4.74 Å². The van der Waals surface area contributed by atoms with Gasteiger partial charge in [0.05, 0.1) is 7.11 Å². The second kappa shape index (κ2) is 3.57. The minimum Gasteiger partial charge on any atom is -0.496 e. The van der Waals surface area contributed by atoms with Crippen LogP contribution in [0.3, 0.4) is 0 Å². The molecule has 1 aromatic rings. The molecule has 1 aliphatic heterocycles. The normalized spacial score (nSPS) is 19.4. The summed E-state index contributed by atoms with van der Waals surface area (Å²) >= 11 is 0. The van der Waals surface area contributed by atoms with Crippen molar-refractivity contribution in [2.24, 2.45) is 0 Å². The second-order valence-electron chi connectivity index (χ2n) is 3.98. The number of carbonyl (C=O) groups is 1. The van der Waals surface area contributed by atoms with Crippen molar-refractivity contribution in [2.45, 2.75) is 19.8 Å². The molecular formula is C12H15NO2. The molecule has 1 N–H and O–H groups in total. The molecule has 3 nitrogen and oxygen atoms in total.